The van der Waals surface area contributed by atoms with E-state index in [1.165, 1.54) is 11.8 Å². The molecule has 0 spiro atoms. The van der Waals surface area contributed by atoms with Crippen LogP contribution in [0.4, 0.5) is 0 Å². The second-order valence-corrected chi connectivity index (χ2v) is 5.43. The van der Waals surface area contributed by atoms with E-state index in [1.807, 2.05) is 6.07 Å². The van der Waals surface area contributed by atoms with Gasteiger partial charge in [-0.05, 0) is 22.0 Å². The van der Waals surface area contributed by atoms with Crippen molar-refractivity contribution in [1.82, 2.24) is 4.98 Å². The van der Waals surface area contributed by atoms with Crippen molar-refractivity contribution in [2.45, 2.75) is 13.3 Å². The zero-order valence-corrected chi connectivity index (χ0v) is 11.7. The van der Waals surface area contributed by atoms with Gasteiger partial charge in [-0.3, -0.25) is 4.79 Å². The van der Waals surface area contributed by atoms with E-state index in [9.17, 15) is 4.79 Å². The average Bonchev–Trinajstić information content (AvgIpc) is 2.22. The number of thioether (sulfide) groups is 1. The van der Waals surface area contributed by atoms with E-state index >= 15 is 0 Å². The Balaban J connectivity index is 2.56. The predicted molar refractivity (Wildman–Crippen MR) is 71.6 cm³/mol. The fourth-order valence-corrected chi connectivity index (χ4v) is 1.89. The Morgan fingerprint density at radius 1 is 1.69 bits per heavy atom. The summed E-state index contributed by atoms with van der Waals surface area (Å²) in [5.74, 6) is 6.59. The minimum absolute atomic E-state index is 0.115. The second kappa shape index (κ2) is 6.95. The Bertz CT molecular complexity index is 453. The molecule has 2 nitrogen and oxygen atoms in total. The molecule has 0 aliphatic heterocycles. The summed E-state index contributed by atoms with van der Waals surface area (Å²) in [6.07, 6.45) is 2.28. The molecule has 0 unspecified atom stereocenters. The lowest BCUT2D eigenvalue weighted by Crippen LogP contribution is -1.85. The Morgan fingerprint density at radius 2 is 2.44 bits per heavy atom. The van der Waals surface area contributed by atoms with Crippen molar-refractivity contribution in [1.29, 1.82) is 0 Å². The molecule has 1 heterocycles. The molecule has 0 bridgehead atoms. The number of aromatic nitrogens is 1. The third kappa shape index (κ3) is 5.02. The summed E-state index contributed by atoms with van der Waals surface area (Å²) in [5, 5.41) is 0.513. The van der Waals surface area contributed by atoms with E-state index < -0.39 is 0 Å². The summed E-state index contributed by atoms with van der Waals surface area (Å²) in [6, 6.07) is 1.82. The van der Waals surface area contributed by atoms with E-state index in [2.05, 4.69) is 32.8 Å². The summed E-state index contributed by atoms with van der Waals surface area (Å²) < 4.78 is 0.847. The minimum atomic E-state index is 0.115. The van der Waals surface area contributed by atoms with Gasteiger partial charge in [0.05, 0.1) is 5.56 Å². The fraction of sp³-hybridized carbons (Fsp3) is 0.273. The van der Waals surface area contributed by atoms with Crippen molar-refractivity contribution in [2.24, 2.45) is 0 Å². The van der Waals surface area contributed by atoms with Crippen LogP contribution >= 0.6 is 39.3 Å². The highest BCUT2D eigenvalue weighted by Gasteiger charge is 1.98. The summed E-state index contributed by atoms with van der Waals surface area (Å²) in [7, 11) is 0. The maximum absolute atomic E-state index is 10.7. The van der Waals surface area contributed by atoms with Crippen LogP contribution in [0.15, 0.2) is 16.7 Å². The van der Waals surface area contributed by atoms with Crippen LogP contribution in [-0.4, -0.2) is 15.9 Å². The molecule has 1 rings (SSSR count). The Kier molecular flexibility index (Phi) is 5.89. The molecule has 0 aliphatic carbocycles. The van der Waals surface area contributed by atoms with Gasteiger partial charge in [0.25, 0.3) is 0 Å². The molecule has 0 atom stereocenters. The molecular weight excluding hydrogens is 310 g/mol. The molecule has 84 valence electrons. The lowest BCUT2D eigenvalue weighted by Gasteiger charge is -1.95. The highest BCUT2D eigenvalue weighted by molar-refractivity contribution is 9.10. The van der Waals surface area contributed by atoms with E-state index in [0.717, 1.165) is 4.47 Å². The van der Waals surface area contributed by atoms with Crippen molar-refractivity contribution in [3.63, 3.8) is 0 Å². The van der Waals surface area contributed by atoms with Crippen LogP contribution in [0.1, 0.15) is 18.9 Å². The molecule has 0 aromatic carbocycles. The van der Waals surface area contributed by atoms with Crippen LogP contribution in [0.2, 0.25) is 5.15 Å². The van der Waals surface area contributed by atoms with Gasteiger partial charge in [-0.15, -0.1) is 0 Å². The number of hydrogen-bond acceptors (Lipinski definition) is 3. The summed E-state index contributed by atoms with van der Waals surface area (Å²) in [5.41, 5.74) is 0.698. The highest BCUT2D eigenvalue weighted by atomic mass is 79.9. The van der Waals surface area contributed by atoms with Crippen molar-refractivity contribution in [2.75, 3.05) is 5.75 Å². The molecule has 0 amide bonds. The van der Waals surface area contributed by atoms with E-state index in [-0.39, 0.29) is 5.12 Å². The molecule has 0 N–H and O–H groups in total. The standard InChI is InChI=1S/C11H9BrClNOS/c1-8(15)16-5-3-2-4-9-6-10(12)7-14-11(9)13/h6-7H,3,5H2,1H3. The minimum Gasteiger partial charge on any atom is -0.288 e. The summed E-state index contributed by atoms with van der Waals surface area (Å²) >= 11 is 10.4. The molecule has 0 saturated heterocycles. The molecule has 0 radical (unpaired) electrons. The summed E-state index contributed by atoms with van der Waals surface area (Å²) in [4.78, 5) is 14.6. The normalized spacial score (nSPS) is 9.44. The number of carbonyl (C=O) groups excluding carboxylic acids is 1. The first-order chi connectivity index (χ1) is 7.59. The van der Waals surface area contributed by atoms with Crippen molar-refractivity contribution < 1.29 is 4.79 Å². The Hall–Kier alpha value is -0.500. The van der Waals surface area contributed by atoms with Gasteiger partial charge in [-0.2, -0.15) is 0 Å². The molecular formula is C11H9BrClNOS. The van der Waals surface area contributed by atoms with Crippen LogP contribution in [0.25, 0.3) is 0 Å². The Labute approximate surface area is 112 Å². The van der Waals surface area contributed by atoms with Crippen molar-refractivity contribution in [3.8, 4) is 11.8 Å². The predicted octanol–water partition coefficient (Wildman–Crippen LogP) is 3.52. The van der Waals surface area contributed by atoms with Crippen LogP contribution < -0.4 is 0 Å². The summed E-state index contributed by atoms with van der Waals surface area (Å²) in [6.45, 7) is 1.55. The van der Waals surface area contributed by atoms with Gasteiger partial charge in [-0.1, -0.05) is 35.2 Å². The van der Waals surface area contributed by atoms with Crippen molar-refractivity contribution in [3.05, 3.63) is 27.5 Å². The maximum atomic E-state index is 10.7. The molecule has 0 aliphatic rings. The van der Waals surface area contributed by atoms with E-state index in [1.54, 1.807) is 13.1 Å². The number of carbonyl (C=O) groups is 1. The molecule has 1 aromatic rings. The van der Waals surface area contributed by atoms with Crippen LogP contribution in [0.3, 0.4) is 0 Å². The smallest absolute Gasteiger partial charge is 0.185 e. The first-order valence-electron chi connectivity index (χ1n) is 4.53. The zero-order chi connectivity index (χ0) is 12.0. The number of hydrogen-bond donors (Lipinski definition) is 0. The average molecular weight is 319 g/mol. The molecule has 5 heteroatoms. The largest absolute Gasteiger partial charge is 0.288 e. The molecule has 1 aromatic heterocycles. The monoisotopic (exact) mass is 317 g/mol. The topological polar surface area (TPSA) is 30.0 Å². The molecule has 0 fully saturated rings. The third-order valence-corrected chi connectivity index (χ3v) is 3.11. The van der Waals surface area contributed by atoms with E-state index in [0.29, 0.717) is 22.9 Å². The lowest BCUT2D eigenvalue weighted by molar-refractivity contribution is -0.109. The molecule has 0 saturated carbocycles. The number of rotatable bonds is 2. The van der Waals surface area contributed by atoms with Crippen LogP contribution in [0.5, 0.6) is 0 Å². The van der Waals surface area contributed by atoms with Gasteiger partial charge >= 0.3 is 0 Å². The SMILES string of the molecule is CC(=O)SCCC#Cc1cc(Br)cnc1Cl. The second-order valence-electron chi connectivity index (χ2n) is 2.88. The van der Waals surface area contributed by atoms with Gasteiger partial charge in [-0.25, -0.2) is 4.98 Å². The first-order valence-corrected chi connectivity index (χ1v) is 6.68. The number of nitrogens with zero attached hydrogens (tertiary/aromatic N) is 1. The van der Waals surface area contributed by atoms with E-state index in [4.69, 9.17) is 11.6 Å². The van der Waals surface area contributed by atoms with Gasteiger partial charge in [0.15, 0.2) is 5.12 Å². The number of halogens is 2. The Morgan fingerprint density at radius 3 is 3.12 bits per heavy atom. The van der Waals surface area contributed by atoms with Gasteiger partial charge in [0.2, 0.25) is 0 Å². The van der Waals surface area contributed by atoms with Gasteiger partial charge in [0.1, 0.15) is 5.15 Å². The number of pyridine rings is 1. The van der Waals surface area contributed by atoms with Crippen molar-refractivity contribution >= 4 is 44.4 Å². The first kappa shape index (κ1) is 13.6. The molecule has 16 heavy (non-hydrogen) atoms. The zero-order valence-electron chi connectivity index (χ0n) is 8.59. The lowest BCUT2D eigenvalue weighted by atomic mass is 10.3. The fourth-order valence-electron chi connectivity index (χ4n) is 0.914. The van der Waals surface area contributed by atoms with Crippen LogP contribution in [-0.2, 0) is 4.79 Å². The van der Waals surface area contributed by atoms with Crippen LogP contribution in [0, 0.1) is 11.8 Å². The quantitative estimate of drug-likeness (QED) is 0.475. The van der Waals surface area contributed by atoms with Gasteiger partial charge in [0, 0.05) is 29.8 Å². The van der Waals surface area contributed by atoms with Gasteiger partial charge < -0.3 is 0 Å². The maximum Gasteiger partial charge on any atom is 0.185 e. The third-order valence-electron chi connectivity index (χ3n) is 1.56. The highest BCUT2D eigenvalue weighted by Crippen LogP contribution is 2.16.